The van der Waals surface area contributed by atoms with Crippen LogP contribution in [0.4, 0.5) is 4.39 Å². The minimum Gasteiger partial charge on any atom is -0.488 e. The first-order chi connectivity index (χ1) is 8.54. The van der Waals surface area contributed by atoms with Crippen LogP contribution in [0, 0.1) is 5.82 Å². The molecule has 0 radical (unpaired) electrons. The van der Waals surface area contributed by atoms with Gasteiger partial charge in [0, 0.05) is 22.2 Å². The Hall–Kier alpha value is -0.870. The monoisotopic (exact) mass is 315 g/mol. The van der Waals surface area contributed by atoms with Crippen LogP contribution in [-0.2, 0) is 0 Å². The second-order valence-electron chi connectivity index (χ2n) is 4.17. The van der Waals surface area contributed by atoms with Crippen molar-refractivity contribution in [2.45, 2.75) is 26.3 Å². The molecule has 0 fully saturated rings. The van der Waals surface area contributed by atoms with Gasteiger partial charge in [0.05, 0.1) is 0 Å². The Bertz CT molecular complexity index is 409. The Kier molecular flexibility index (Phi) is 6.36. The average molecular weight is 316 g/mol. The van der Waals surface area contributed by atoms with E-state index in [4.69, 9.17) is 4.74 Å². The average Bonchev–Trinajstić information content (AvgIpc) is 2.33. The molecular weight excluding hydrogens is 297 g/mol. The van der Waals surface area contributed by atoms with Gasteiger partial charge in [0.2, 0.25) is 0 Å². The predicted molar refractivity (Wildman–Crippen MR) is 76.7 cm³/mol. The lowest BCUT2D eigenvalue weighted by atomic mass is 10.1. The van der Waals surface area contributed by atoms with Crippen molar-refractivity contribution in [1.82, 2.24) is 5.32 Å². The maximum absolute atomic E-state index is 13.9. The zero-order valence-electron chi connectivity index (χ0n) is 10.8. The van der Waals surface area contributed by atoms with Crippen molar-refractivity contribution in [2.24, 2.45) is 0 Å². The molecule has 18 heavy (non-hydrogen) atoms. The minimum atomic E-state index is -0.246. The van der Waals surface area contributed by atoms with Crippen LogP contribution in [0.2, 0.25) is 0 Å². The van der Waals surface area contributed by atoms with Crippen LogP contribution in [0.15, 0.2) is 29.3 Å². The molecule has 0 amide bonds. The molecule has 0 saturated carbocycles. The molecule has 1 rings (SSSR count). The molecule has 1 atom stereocenters. The van der Waals surface area contributed by atoms with Gasteiger partial charge in [-0.05, 0) is 26.0 Å². The fourth-order valence-electron chi connectivity index (χ4n) is 1.58. The number of hydrogen-bond donors (Lipinski definition) is 1. The first-order valence-electron chi connectivity index (χ1n) is 6.03. The SMILES string of the molecule is C=C(Br)COc1ccc(C(C)NCCC)c(F)c1. The molecule has 1 aromatic rings. The van der Waals surface area contributed by atoms with Crippen molar-refractivity contribution < 1.29 is 9.13 Å². The highest BCUT2D eigenvalue weighted by molar-refractivity contribution is 9.11. The van der Waals surface area contributed by atoms with E-state index in [1.807, 2.05) is 6.92 Å². The predicted octanol–water partition coefficient (Wildman–Crippen LogP) is 4.17. The summed E-state index contributed by atoms with van der Waals surface area (Å²) in [5.74, 6) is 0.267. The maximum atomic E-state index is 13.9. The smallest absolute Gasteiger partial charge is 0.131 e. The standard InChI is InChI=1S/C14H19BrFNO/c1-4-7-17-11(3)13-6-5-12(8-14(13)16)18-9-10(2)15/h5-6,8,11,17H,2,4,7,9H2,1,3H3. The summed E-state index contributed by atoms with van der Waals surface area (Å²) in [6.45, 7) is 8.91. The Morgan fingerprint density at radius 1 is 1.56 bits per heavy atom. The molecule has 0 saturated heterocycles. The van der Waals surface area contributed by atoms with Crippen molar-refractivity contribution >= 4 is 15.9 Å². The fraction of sp³-hybridized carbons (Fsp3) is 0.429. The Balaban J connectivity index is 2.69. The molecule has 1 unspecified atom stereocenters. The number of hydrogen-bond acceptors (Lipinski definition) is 2. The number of nitrogens with one attached hydrogen (secondary N) is 1. The van der Waals surface area contributed by atoms with E-state index in [2.05, 4.69) is 34.7 Å². The van der Waals surface area contributed by atoms with Crippen LogP contribution in [0.1, 0.15) is 31.9 Å². The molecule has 0 aliphatic carbocycles. The molecule has 4 heteroatoms. The minimum absolute atomic E-state index is 0.00476. The van der Waals surface area contributed by atoms with E-state index >= 15 is 0 Å². The Labute approximate surface area is 116 Å². The number of ether oxygens (including phenoxy) is 1. The van der Waals surface area contributed by atoms with E-state index in [0.717, 1.165) is 17.4 Å². The van der Waals surface area contributed by atoms with Gasteiger partial charge in [-0.2, -0.15) is 0 Å². The lowest BCUT2D eigenvalue weighted by Crippen LogP contribution is -2.20. The highest BCUT2D eigenvalue weighted by atomic mass is 79.9. The van der Waals surface area contributed by atoms with E-state index in [-0.39, 0.29) is 11.9 Å². The van der Waals surface area contributed by atoms with E-state index < -0.39 is 0 Å². The molecule has 2 nitrogen and oxygen atoms in total. The van der Waals surface area contributed by atoms with Crippen LogP contribution in [-0.4, -0.2) is 13.2 Å². The van der Waals surface area contributed by atoms with E-state index in [0.29, 0.717) is 17.9 Å². The lowest BCUT2D eigenvalue weighted by Gasteiger charge is -2.15. The topological polar surface area (TPSA) is 21.3 Å². The fourth-order valence-corrected chi connectivity index (χ4v) is 1.70. The second kappa shape index (κ2) is 7.54. The third-order valence-electron chi connectivity index (χ3n) is 2.53. The van der Waals surface area contributed by atoms with Crippen LogP contribution in [0.5, 0.6) is 5.75 Å². The van der Waals surface area contributed by atoms with Crippen LogP contribution < -0.4 is 10.1 Å². The summed E-state index contributed by atoms with van der Waals surface area (Å²) in [5.41, 5.74) is 0.661. The summed E-state index contributed by atoms with van der Waals surface area (Å²) in [4.78, 5) is 0. The third kappa shape index (κ3) is 4.78. The maximum Gasteiger partial charge on any atom is 0.131 e. The summed E-state index contributed by atoms with van der Waals surface area (Å²) in [7, 11) is 0. The second-order valence-corrected chi connectivity index (χ2v) is 5.29. The Morgan fingerprint density at radius 3 is 2.83 bits per heavy atom. The lowest BCUT2D eigenvalue weighted by molar-refractivity contribution is 0.358. The number of benzene rings is 1. The summed E-state index contributed by atoms with van der Waals surface area (Å²) >= 11 is 3.19. The zero-order chi connectivity index (χ0) is 13.5. The van der Waals surface area contributed by atoms with Crippen molar-refractivity contribution in [3.8, 4) is 5.75 Å². The molecule has 0 aliphatic rings. The van der Waals surface area contributed by atoms with Gasteiger partial charge in [-0.15, -0.1) is 0 Å². The van der Waals surface area contributed by atoms with Gasteiger partial charge in [-0.1, -0.05) is 35.5 Å². The summed E-state index contributed by atoms with van der Waals surface area (Å²) < 4.78 is 20.0. The molecule has 0 bridgehead atoms. The molecule has 0 heterocycles. The number of rotatable bonds is 7. The van der Waals surface area contributed by atoms with Crippen molar-refractivity contribution in [3.05, 3.63) is 40.6 Å². The van der Waals surface area contributed by atoms with Gasteiger partial charge in [0.15, 0.2) is 0 Å². The van der Waals surface area contributed by atoms with Gasteiger partial charge in [0.25, 0.3) is 0 Å². The molecule has 0 aromatic heterocycles. The van der Waals surface area contributed by atoms with Crippen molar-refractivity contribution in [3.63, 3.8) is 0 Å². The molecular formula is C14H19BrFNO. The molecule has 0 aliphatic heterocycles. The third-order valence-corrected chi connectivity index (χ3v) is 2.76. The van der Waals surface area contributed by atoms with Gasteiger partial charge < -0.3 is 10.1 Å². The van der Waals surface area contributed by atoms with Crippen LogP contribution in [0.25, 0.3) is 0 Å². The highest BCUT2D eigenvalue weighted by Gasteiger charge is 2.11. The molecule has 0 spiro atoms. The zero-order valence-corrected chi connectivity index (χ0v) is 12.4. The summed E-state index contributed by atoms with van der Waals surface area (Å²) in [6, 6.07) is 4.95. The van der Waals surface area contributed by atoms with Crippen LogP contribution in [0.3, 0.4) is 0 Å². The van der Waals surface area contributed by atoms with Gasteiger partial charge in [0.1, 0.15) is 18.2 Å². The van der Waals surface area contributed by atoms with E-state index in [1.54, 1.807) is 12.1 Å². The highest BCUT2D eigenvalue weighted by Crippen LogP contribution is 2.22. The molecule has 1 N–H and O–H groups in total. The number of halogens is 2. The quantitative estimate of drug-likeness (QED) is 0.815. The van der Waals surface area contributed by atoms with E-state index in [9.17, 15) is 4.39 Å². The molecule has 100 valence electrons. The molecule has 1 aromatic carbocycles. The first kappa shape index (κ1) is 15.2. The summed E-state index contributed by atoms with van der Waals surface area (Å²) in [6.07, 6.45) is 1.03. The normalized spacial score (nSPS) is 12.2. The van der Waals surface area contributed by atoms with Crippen molar-refractivity contribution in [2.75, 3.05) is 13.2 Å². The Morgan fingerprint density at radius 2 is 2.28 bits per heavy atom. The first-order valence-corrected chi connectivity index (χ1v) is 6.82. The van der Waals surface area contributed by atoms with Gasteiger partial charge in [-0.25, -0.2) is 4.39 Å². The largest absolute Gasteiger partial charge is 0.488 e. The van der Waals surface area contributed by atoms with E-state index in [1.165, 1.54) is 6.07 Å². The van der Waals surface area contributed by atoms with Crippen LogP contribution >= 0.6 is 15.9 Å². The summed E-state index contributed by atoms with van der Waals surface area (Å²) in [5, 5.41) is 3.26. The van der Waals surface area contributed by atoms with Crippen molar-refractivity contribution in [1.29, 1.82) is 0 Å². The van der Waals surface area contributed by atoms with Gasteiger partial charge in [-0.3, -0.25) is 0 Å². The van der Waals surface area contributed by atoms with Gasteiger partial charge >= 0.3 is 0 Å².